The first-order valence-electron chi connectivity index (χ1n) is 10.4. The van der Waals surface area contributed by atoms with Crippen LogP contribution in [0.25, 0.3) is 0 Å². The van der Waals surface area contributed by atoms with Crippen LogP contribution in [0.4, 0.5) is 14.6 Å². The molecule has 8 heteroatoms. The van der Waals surface area contributed by atoms with E-state index in [1.165, 1.54) is 11.6 Å². The predicted molar refractivity (Wildman–Crippen MR) is 110 cm³/mol. The normalized spacial score (nSPS) is 22.2. The van der Waals surface area contributed by atoms with Crippen LogP contribution in [0, 0.1) is 11.6 Å². The van der Waals surface area contributed by atoms with Gasteiger partial charge in [0.2, 0.25) is 5.91 Å². The van der Waals surface area contributed by atoms with Gasteiger partial charge in [-0.25, -0.2) is 18.7 Å². The van der Waals surface area contributed by atoms with Gasteiger partial charge < -0.3 is 15.5 Å². The standard InChI is InChI=1S/C22H27F2N5O/c1-13-3-6-19-20(13)21(27-12-26-19)29-8-7-28(11-14(29)2)22(30)18(25)10-15-4-5-16(23)17(24)9-15/h4-5,9,12-14,18H,3,6-8,10-11,25H2,1-2H3/t13-,14+,18-/m1/s1. The number of fused-ring (bicyclic) bond motifs is 1. The lowest BCUT2D eigenvalue weighted by Gasteiger charge is -2.42. The molecule has 1 amide bonds. The van der Waals surface area contributed by atoms with Crippen LogP contribution in [0.2, 0.25) is 0 Å². The molecule has 0 unspecified atom stereocenters. The third-order valence-corrected chi connectivity index (χ3v) is 6.22. The molecule has 2 aromatic rings. The zero-order valence-corrected chi connectivity index (χ0v) is 17.3. The van der Waals surface area contributed by atoms with E-state index in [2.05, 4.69) is 28.7 Å². The Morgan fingerprint density at radius 1 is 1.23 bits per heavy atom. The average molecular weight is 415 g/mol. The van der Waals surface area contributed by atoms with E-state index in [0.717, 1.165) is 36.5 Å². The highest BCUT2D eigenvalue weighted by atomic mass is 19.2. The number of aromatic nitrogens is 2. The summed E-state index contributed by atoms with van der Waals surface area (Å²) < 4.78 is 26.6. The van der Waals surface area contributed by atoms with Crippen molar-refractivity contribution in [1.29, 1.82) is 0 Å². The van der Waals surface area contributed by atoms with Crippen LogP contribution >= 0.6 is 0 Å². The van der Waals surface area contributed by atoms with Gasteiger partial charge >= 0.3 is 0 Å². The first-order valence-corrected chi connectivity index (χ1v) is 10.4. The van der Waals surface area contributed by atoms with Crippen molar-refractivity contribution >= 4 is 11.7 Å². The molecule has 160 valence electrons. The van der Waals surface area contributed by atoms with Crippen LogP contribution in [-0.2, 0) is 17.6 Å². The summed E-state index contributed by atoms with van der Waals surface area (Å²) in [5, 5.41) is 0. The zero-order valence-electron chi connectivity index (χ0n) is 17.3. The van der Waals surface area contributed by atoms with E-state index in [1.807, 2.05) is 0 Å². The quantitative estimate of drug-likeness (QED) is 0.830. The molecular weight excluding hydrogens is 388 g/mol. The number of piperazine rings is 1. The van der Waals surface area contributed by atoms with Crippen molar-refractivity contribution in [2.75, 3.05) is 24.5 Å². The Balaban J connectivity index is 1.42. The number of carbonyl (C=O) groups excluding carboxylic acids is 1. The van der Waals surface area contributed by atoms with Crippen LogP contribution in [0.1, 0.15) is 43.0 Å². The number of hydrogen-bond acceptors (Lipinski definition) is 5. The van der Waals surface area contributed by atoms with Crippen LogP contribution in [0.3, 0.4) is 0 Å². The first-order chi connectivity index (χ1) is 14.3. The number of amides is 1. The molecule has 1 aliphatic carbocycles. The molecule has 0 radical (unpaired) electrons. The van der Waals surface area contributed by atoms with Gasteiger partial charge in [-0.15, -0.1) is 0 Å². The van der Waals surface area contributed by atoms with Crippen molar-refractivity contribution in [3.8, 4) is 0 Å². The average Bonchev–Trinajstić information content (AvgIpc) is 3.11. The lowest BCUT2D eigenvalue weighted by atomic mass is 10.0. The number of benzene rings is 1. The molecule has 2 N–H and O–H groups in total. The Morgan fingerprint density at radius 3 is 2.77 bits per heavy atom. The van der Waals surface area contributed by atoms with Crippen molar-refractivity contribution < 1.29 is 13.6 Å². The summed E-state index contributed by atoms with van der Waals surface area (Å²) in [6.07, 6.45) is 3.88. The molecule has 4 rings (SSSR count). The molecule has 0 bridgehead atoms. The maximum Gasteiger partial charge on any atom is 0.239 e. The predicted octanol–water partition coefficient (Wildman–Crippen LogP) is 2.41. The van der Waals surface area contributed by atoms with Crippen LogP contribution < -0.4 is 10.6 Å². The van der Waals surface area contributed by atoms with Gasteiger partial charge in [-0.2, -0.15) is 0 Å². The molecule has 30 heavy (non-hydrogen) atoms. The Morgan fingerprint density at radius 2 is 2.03 bits per heavy atom. The molecule has 1 saturated heterocycles. The summed E-state index contributed by atoms with van der Waals surface area (Å²) in [6.45, 7) is 6.04. The maximum atomic E-state index is 13.4. The van der Waals surface area contributed by atoms with Gasteiger partial charge in [0.05, 0.1) is 6.04 Å². The van der Waals surface area contributed by atoms with Crippen molar-refractivity contribution in [1.82, 2.24) is 14.9 Å². The largest absolute Gasteiger partial charge is 0.350 e. The fourth-order valence-corrected chi connectivity index (χ4v) is 4.57. The van der Waals surface area contributed by atoms with E-state index in [-0.39, 0.29) is 18.4 Å². The molecule has 6 nitrogen and oxygen atoms in total. The summed E-state index contributed by atoms with van der Waals surface area (Å²) in [5.41, 5.74) is 8.98. The Kier molecular flexibility index (Phi) is 5.69. The fraction of sp³-hybridized carbons (Fsp3) is 0.500. The molecule has 2 heterocycles. The van der Waals surface area contributed by atoms with E-state index < -0.39 is 17.7 Å². The van der Waals surface area contributed by atoms with Gasteiger partial charge in [0.25, 0.3) is 0 Å². The van der Waals surface area contributed by atoms with Crippen molar-refractivity contribution in [3.63, 3.8) is 0 Å². The SMILES string of the molecule is C[C@@H]1CCc2ncnc(N3CCN(C(=O)[C@H](N)Cc4ccc(F)c(F)c4)C[C@@H]3C)c21. The maximum absolute atomic E-state index is 13.4. The van der Waals surface area contributed by atoms with Crippen LogP contribution in [0.5, 0.6) is 0 Å². The summed E-state index contributed by atoms with van der Waals surface area (Å²) in [5.74, 6) is -0.592. The second kappa shape index (κ2) is 8.26. The molecule has 1 aromatic heterocycles. The number of hydrogen-bond donors (Lipinski definition) is 1. The molecule has 1 aliphatic heterocycles. The van der Waals surface area contributed by atoms with Crippen molar-refractivity contribution in [3.05, 3.63) is 53.0 Å². The lowest BCUT2D eigenvalue weighted by Crippen LogP contribution is -2.57. The van der Waals surface area contributed by atoms with E-state index in [1.54, 1.807) is 11.2 Å². The van der Waals surface area contributed by atoms with Crippen LogP contribution in [-0.4, -0.2) is 52.5 Å². The van der Waals surface area contributed by atoms with E-state index in [9.17, 15) is 13.6 Å². The van der Waals surface area contributed by atoms with Gasteiger partial charge in [0.1, 0.15) is 12.1 Å². The number of anilines is 1. The third-order valence-electron chi connectivity index (χ3n) is 6.22. The Bertz CT molecular complexity index is 953. The van der Waals surface area contributed by atoms with Gasteiger partial charge in [0, 0.05) is 36.9 Å². The van der Waals surface area contributed by atoms with Gasteiger partial charge in [-0.3, -0.25) is 4.79 Å². The molecule has 1 fully saturated rings. The Labute approximate surface area is 175 Å². The highest BCUT2D eigenvalue weighted by Crippen LogP contribution is 2.38. The summed E-state index contributed by atoms with van der Waals surface area (Å²) in [6, 6.07) is 2.91. The summed E-state index contributed by atoms with van der Waals surface area (Å²) in [4.78, 5) is 25.9. The smallest absolute Gasteiger partial charge is 0.239 e. The molecule has 0 spiro atoms. The second-order valence-electron chi connectivity index (χ2n) is 8.38. The minimum absolute atomic E-state index is 0.0879. The number of carbonyl (C=O) groups is 1. The van der Waals surface area contributed by atoms with Crippen molar-refractivity contribution in [2.45, 2.75) is 51.1 Å². The molecular formula is C22H27F2N5O. The molecule has 3 atom stereocenters. The minimum Gasteiger partial charge on any atom is -0.350 e. The first kappa shape index (κ1) is 20.7. The zero-order chi connectivity index (χ0) is 21.4. The monoisotopic (exact) mass is 415 g/mol. The molecule has 2 aliphatic rings. The fourth-order valence-electron chi connectivity index (χ4n) is 4.57. The van der Waals surface area contributed by atoms with Gasteiger partial charge in [-0.05, 0) is 49.8 Å². The van der Waals surface area contributed by atoms with E-state index in [0.29, 0.717) is 31.1 Å². The van der Waals surface area contributed by atoms with Crippen LogP contribution in [0.15, 0.2) is 24.5 Å². The van der Waals surface area contributed by atoms with E-state index >= 15 is 0 Å². The van der Waals surface area contributed by atoms with E-state index in [4.69, 9.17) is 5.73 Å². The highest BCUT2D eigenvalue weighted by molar-refractivity contribution is 5.82. The summed E-state index contributed by atoms with van der Waals surface area (Å²) >= 11 is 0. The van der Waals surface area contributed by atoms with Gasteiger partial charge in [0.15, 0.2) is 11.6 Å². The number of rotatable bonds is 4. The number of halogens is 2. The number of aryl methyl sites for hydroxylation is 1. The summed E-state index contributed by atoms with van der Waals surface area (Å²) in [7, 11) is 0. The molecule has 0 saturated carbocycles. The lowest BCUT2D eigenvalue weighted by molar-refractivity contribution is -0.133. The minimum atomic E-state index is -0.930. The third kappa shape index (κ3) is 3.88. The number of nitrogens with zero attached hydrogens (tertiary/aromatic N) is 4. The highest BCUT2D eigenvalue weighted by Gasteiger charge is 2.33. The topological polar surface area (TPSA) is 75.4 Å². The van der Waals surface area contributed by atoms with Crippen molar-refractivity contribution in [2.24, 2.45) is 5.73 Å². The van der Waals surface area contributed by atoms with Gasteiger partial charge in [-0.1, -0.05) is 13.0 Å². The second-order valence-corrected chi connectivity index (χ2v) is 8.38. The Hall–Kier alpha value is -2.61. The molecule has 1 aromatic carbocycles. The number of nitrogens with two attached hydrogens (primary N) is 1.